The van der Waals surface area contributed by atoms with Crippen LogP contribution in [-0.2, 0) is 9.53 Å². The number of nitrogens with two attached hydrogens (primary N) is 1. The number of rotatable bonds is 3. The number of hydrogen-bond acceptors (Lipinski definition) is 4. The Kier molecular flexibility index (Phi) is 4.50. The molecule has 0 saturated carbocycles. The second-order valence-electron chi connectivity index (χ2n) is 4.39. The van der Waals surface area contributed by atoms with E-state index >= 15 is 0 Å². The normalized spacial score (nSPS) is 29.9. The van der Waals surface area contributed by atoms with Gasteiger partial charge in [0.25, 0.3) is 0 Å². The van der Waals surface area contributed by atoms with E-state index in [0.717, 1.165) is 19.6 Å². The van der Waals surface area contributed by atoms with Crippen molar-refractivity contribution in [3.05, 3.63) is 0 Å². The molecule has 0 aromatic carbocycles. The zero-order chi connectivity index (χ0) is 11.4. The molecule has 0 radical (unpaired) electrons. The Hall–Kier alpha value is -0.650. The van der Waals surface area contributed by atoms with Gasteiger partial charge >= 0.3 is 0 Å². The summed E-state index contributed by atoms with van der Waals surface area (Å²) >= 11 is 0. The van der Waals surface area contributed by atoms with E-state index in [1.807, 2.05) is 6.92 Å². The smallest absolute Gasteiger partial charge is 0.237 e. The predicted molar refractivity (Wildman–Crippen MR) is 57.9 cm³/mol. The minimum absolute atomic E-state index is 0.0764. The van der Waals surface area contributed by atoms with E-state index in [1.165, 1.54) is 0 Å². The first kappa shape index (κ1) is 12.4. The standard InChI is InChI=1S/C10H21N3O2/c1-7(10(14)12-11)4-13-5-8(2)15-9(3)6-13/h7-9H,4-6,11H2,1-3H3,(H,12,14)/t7-,8-,9+/m0/s1. The summed E-state index contributed by atoms with van der Waals surface area (Å²) in [6, 6.07) is 0. The van der Waals surface area contributed by atoms with Gasteiger partial charge in [-0.1, -0.05) is 6.92 Å². The lowest BCUT2D eigenvalue weighted by atomic mass is 10.1. The molecule has 0 spiro atoms. The molecule has 3 N–H and O–H groups in total. The molecule has 3 atom stereocenters. The van der Waals surface area contributed by atoms with Crippen LogP contribution in [0.4, 0.5) is 0 Å². The predicted octanol–water partition coefficient (Wildman–Crippen LogP) is -0.278. The van der Waals surface area contributed by atoms with Crippen molar-refractivity contribution in [2.75, 3.05) is 19.6 Å². The fourth-order valence-electron chi connectivity index (χ4n) is 2.05. The number of hydrazine groups is 1. The van der Waals surface area contributed by atoms with E-state index in [1.54, 1.807) is 0 Å². The zero-order valence-corrected chi connectivity index (χ0v) is 9.69. The lowest BCUT2D eigenvalue weighted by Crippen LogP contribution is -2.49. The quantitative estimate of drug-likeness (QED) is 0.386. The molecule has 5 heteroatoms. The maximum absolute atomic E-state index is 11.3. The first-order valence-corrected chi connectivity index (χ1v) is 5.41. The number of ether oxygens (including phenoxy) is 1. The van der Waals surface area contributed by atoms with E-state index in [0.29, 0.717) is 0 Å². The maximum Gasteiger partial charge on any atom is 0.237 e. The Bertz CT molecular complexity index is 213. The first-order chi connectivity index (χ1) is 7.02. The molecule has 0 bridgehead atoms. The molecule has 0 aliphatic carbocycles. The van der Waals surface area contributed by atoms with Gasteiger partial charge in [-0.05, 0) is 13.8 Å². The van der Waals surface area contributed by atoms with E-state index < -0.39 is 0 Å². The third kappa shape index (κ3) is 3.77. The van der Waals surface area contributed by atoms with Gasteiger partial charge in [0, 0.05) is 25.6 Å². The van der Waals surface area contributed by atoms with E-state index in [4.69, 9.17) is 10.6 Å². The van der Waals surface area contributed by atoms with Crippen molar-refractivity contribution in [3.8, 4) is 0 Å². The molecule has 1 saturated heterocycles. The van der Waals surface area contributed by atoms with Crippen LogP contribution in [0.3, 0.4) is 0 Å². The second kappa shape index (κ2) is 5.44. The van der Waals surface area contributed by atoms with E-state index in [9.17, 15) is 4.79 Å². The summed E-state index contributed by atoms with van der Waals surface area (Å²) in [5.74, 6) is 4.90. The molecule has 1 fully saturated rings. The number of nitrogens with zero attached hydrogens (tertiary/aromatic N) is 1. The van der Waals surface area contributed by atoms with Crippen LogP contribution in [-0.4, -0.2) is 42.6 Å². The van der Waals surface area contributed by atoms with Crippen molar-refractivity contribution in [1.29, 1.82) is 0 Å². The van der Waals surface area contributed by atoms with Crippen molar-refractivity contribution in [2.24, 2.45) is 11.8 Å². The Morgan fingerprint density at radius 3 is 2.53 bits per heavy atom. The summed E-state index contributed by atoms with van der Waals surface area (Å²) < 4.78 is 5.62. The van der Waals surface area contributed by atoms with Crippen LogP contribution in [0.5, 0.6) is 0 Å². The Balaban J connectivity index is 2.40. The van der Waals surface area contributed by atoms with Crippen molar-refractivity contribution in [1.82, 2.24) is 10.3 Å². The van der Waals surface area contributed by atoms with Gasteiger partial charge in [-0.15, -0.1) is 0 Å². The Morgan fingerprint density at radius 1 is 1.53 bits per heavy atom. The van der Waals surface area contributed by atoms with Crippen molar-refractivity contribution in [2.45, 2.75) is 33.0 Å². The fraction of sp³-hybridized carbons (Fsp3) is 0.900. The second-order valence-corrected chi connectivity index (χ2v) is 4.39. The number of carbonyl (C=O) groups is 1. The molecule has 5 nitrogen and oxygen atoms in total. The lowest BCUT2D eigenvalue weighted by Gasteiger charge is -2.36. The van der Waals surface area contributed by atoms with E-state index in [-0.39, 0.29) is 24.0 Å². The summed E-state index contributed by atoms with van der Waals surface area (Å²) in [6.07, 6.45) is 0.476. The number of nitrogens with one attached hydrogen (secondary N) is 1. The summed E-state index contributed by atoms with van der Waals surface area (Å²) in [5, 5.41) is 0. The van der Waals surface area contributed by atoms with Gasteiger partial charge in [-0.3, -0.25) is 15.1 Å². The number of morpholine rings is 1. The van der Waals surface area contributed by atoms with Crippen LogP contribution in [0.25, 0.3) is 0 Å². The monoisotopic (exact) mass is 215 g/mol. The Morgan fingerprint density at radius 2 is 2.07 bits per heavy atom. The largest absolute Gasteiger partial charge is 0.373 e. The van der Waals surface area contributed by atoms with Crippen molar-refractivity contribution < 1.29 is 9.53 Å². The molecule has 0 aromatic heterocycles. The number of carbonyl (C=O) groups excluding carboxylic acids is 1. The third-order valence-electron chi connectivity index (χ3n) is 2.62. The third-order valence-corrected chi connectivity index (χ3v) is 2.62. The highest BCUT2D eigenvalue weighted by atomic mass is 16.5. The minimum atomic E-state index is -0.109. The summed E-state index contributed by atoms with van der Waals surface area (Å²) in [6.45, 7) is 8.49. The lowest BCUT2D eigenvalue weighted by molar-refractivity contribution is -0.126. The molecule has 1 amide bonds. The molecule has 15 heavy (non-hydrogen) atoms. The summed E-state index contributed by atoms with van der Waals surface area (Å²) in [4.78, 5) is 13.5. The zero-order valence-electron chi connectivity index (χ0n) is 9.69. The molecule has 88 valence electrons. The first-order valence-electron chi connectivity index (χ1n) is 5.41. The van der Waals surface area contributed by atoms with Crippen LogP contribution < -0.4 is 11.3 Å². The molecule has 0 aromatic rings. The van der Waals surface area contributed by atoms with Gasteiger partial charge in [-0.25, -0.2) is 5.84 Å². The molecular formula is C10H21N3O2. The summed E-state index contributed by atoms with van der Waals surface area (Å²) in [5.41, 5.74) is 2.18. The van der Waals surface area contributed by atoms with Gasteiger partial charge in [0.15, 0.2) is 0 Å². The van der Waals surface area contributed by atoms with Crippen molar-refractivity contribution in [3.63, 3.8) is 0 Å². The molecule has 1 heterocycles. The Labute approximate surface area is 90.9 Å². The van der Waals surface area contributed by atoms with Crippen LogP contribution in [0.15, 0.2) is 0 Å². The van der Waals surface area contributed by atoms with Gasteiger partial charge in [0.2, 0.25) is 5.91 Å². The molecule has 1 aliphatic heterocycles. The topological polar surface area (TPSA) is 67.6 Å². The molecule has 0 unspecified atom stereocenters. The molecule has 1 aliphatic rings. The average Bonchev–Trinajstić information content (AvgIpc) is 2.14. The van der Waals surface area contributed by atoms with Crippen molar-refractivity contribution >= 4 is 5.91 Å². The highest BCUT2D eigenvalue weighted by molar-refractivity contribution is 5.77. The van der Waals surface area contributed by atoms with Gasteiger partial charge in [-0.2, -0.15) is 0 Å². The van der Waals surface area contributed by atoms with Gasteiger partial charge < -0.3 is 4.74 Å². The van der Waals surface area contributed by atoms with Crippen LogP contribution in [0, 0.1) is 5.92 Å². The number of amides is 1. The number of hydrogen-bond donors (Lipinski definition) is 2. The van der Waals surface area contributed by atoms with Crippen LogP contribution >= 0.6 is 0 Å². The highest BCUT2D eigenvalue weighted by Gasteiger charge is 2.24. The van der Waals surface area contributed by atoms with Gasteiger partial charge in [0.05, 0.1) is 12.2 Å². The van der Waals surface area contributed by atoms with Crippen LogP contribution in [0.2, 0.25) is 0 Å². The maximum atomic E-state index is 11.3. The average molecular weight is 215 g/mol. The minimum Gasteiger partial charge on any atom is -0.373 e. The summed E-state index contributed by atoms with van der Waals surface area (Å²) in [7, 11) is 0. The fourth-order valence-corrected chi connectivity index (χ4v) is 2.05. The van der Waals surface area contributed by atoms with Crippen LogP contribution in [0.1, 0.15) is 20.8 Å². The molecular weight excluding hydrogens is 194 g/mol. The van der Waals surface area contributed by atoms with Gasteiger partial charge in [0.1, 0.15) is 0 Å². The SMILES string of the molecule is C[C@@H]1CN(C[C@H](C)C(=O)NN)C[C@H](C)O1. The highest BCUT2D eigenvalue weighted by Crippen LogP contribution is 2.12. The van der Waals surface area contributed by atoms with E-state index in [2.05, 4.69) is 24.2 Å². The molecule has 1 rings (SSSR count).